The normalized spacial score (nSPS) is 11.2. The molecule has 0 aliphatic heterocycles. The molecule has 0 amide bonds. The Morgan fingerprint density at radius 3 is 1.36 bits per heavy atom. The molecule has 0 aromatic heterocycles. The van der Waals surface area contributed by atoms with Crippen molar-refractivity contribution in [2.75, 3.05) is 37.2 Å². The summed E-state index contributed by atoms with van der Waals surface area (Å²) < 4.78 is 24.7. The van der Waals surface area contributed by atoms with Crippen molar-refractivity contribution in [3.63, 3.8) is 0 Å². The third-order valence-corrected chi connectivity index (χ3v) is 11.1. The molecular weight excluding hydrogens is 789 g/mol. The largest absolute Gasteiger partial charge is 0.495 e. The van der Waals surface area contributed by atoms with Crippen LogP contribution in [0.25, 0.3) is 29.4 Å². The van der Waals surface area contributed by atoms with E-state index in [2.05, 4.69) is 200 Å². The molecule has 0 unspecified atom stereocenters. The predicted molar refractivity (Wildman–Crippen MR) is 270 cm³/mol. The molecule has 0 fully saturated rings. The van der Waals surface area contributed by atoms with Crippen LogP contribution in [0.15, 0.2) is 164 Å². The van der Waals surface area contributed by atoms with Gasteiger partial charge in [-0.05, 0) is 139 Å². The number of unbranched alkanes of at least 4 members (excludes halogenated alkanes) is 2. The zero-order valence-corrected chi connectivity index (χ0v) is 38.1. The van der Waals surface area contributed by atoms with E-state index in [-0.39, 0.29) is 0 Å². The van der Waals surface area contributed by atoms with Gasteiger partial charge in [-0.1, -0.05) is 124 Å². The number of aryl methyl sites for hydroxylation is 1. The molecule has 7 rings (SSSR count). The van der Waals surface area contributed by atoms with E-state index in [1.165, 1.54) is 0 Å². The van der Waals surface area contributed by atoms with Crippen LogP contribution in [0.1, 0.15) is 68.7 Å². The van der Waals surface area contributed by atoms with E-state index in [1.54, 1.807) is 14.2 Å². The highest BCUT2D eigenvalue weighted by Gasteiger charge is 2.21. The van der Waals surface area contributed by atoms with Crippen LogP contribution in [0, 0.1) is 6.92 Å². The van der Waals surface area contributed by atoms with Crippen LogP contribution in [-0.2, 0) is 0 Å². The summed E-state index contributed by atoms with van der Waals surface area (Å²) in [6.45, 7) is 9.86. The molecule has 64 heavy (non-hydrogen) atoms. The SMILES string of the molecule is CC=Cc1ccc(N(c2ccccc2)c2ccc(-c3ccc(N(c4ccccc4)c4ccc(C=Cc5cc(OCCCC)c(C)cc5OCCCC)cc4)c(OC)c3)cc2OC)cc1. The first-order valence-corrected chi connectivity index (χ1v) is 22.4. The lowest BCUT2D eigenvalue weighted by atomic mass is 10.0. The Morgan fingerprint density at radius 2 is 0.906 bits per heavy atom. The quantitative estimate of drug-likeness (QED) is 0.0562. The third-order valence-electron chi connectivity index (χ3n) is 11.1. The topological polar surface area (TPSA) is 43.4 Å². The summed E-state index contributed by atoms with van der Waals surface area (Å²) >= 11 is 0. The van der Waals surface area contributed by atoms with E-state index in [4.69, 9.17) is 18.9 Å². The molecule has 6 heteroatoms. The van der Waals surface area contributed by atoms with E-state index in [0.29, 0.717) is 13.2 Å². The maximum atomic E-state index is 6.27. The highest BCUT2D eigenvalue weighted by molar-refractivity contribution is 5.86. The second-order valence-corrected chi connectivity index (χ2v) is 15.7. The van der Waals surface area contributed by atoms with Crippen molar-refractivity contribution in [1.82, 2.24) is 0 Å². The summed E-state index contributed by atoms with van der Waals surface area (Å²) in [5.41, 5.74) is 12.3. The van der Waals surface area contributed by atoms with Crippen LogP contribution < -0.4 is 28.7 Å². The maximum absolute atomic E-state index is 6.27. The zero-order valence-electron chi connectivity index (χ0n) is 38.1. The molecule has 0 aliphatic rings. The fraction of sp³-hybridized carbons (Fsp3) is 0.207. The number of hydrogen-bond donors (Lipinski definition) is 0. The van der Waals surface area contributed by atoms with Gasteiger partial charge in [0.05, 0.1) is 38.8 Å². The van der Waals surface area contributed by atoms with Gasteiger partial charge in [-0.2, -0.15) is 0 Å². The van der Waals surface area contributed by atoms with Gasteiger partial charge in [0.1, 0.15) is 23.0 Å². The van der Waals surface area contributed by atoms with Crippen molar-refractivity contribution in [3.8, 4) is 34.1 Å². The van der Waals surface area contributed by atoms with E-state index < -0.39 is 0 Å². The maximum Gasteiger partial charge on any atom is 0.143 e. The first-order chi connectivity index (χ1) is 31.4. The van der Waals surface area contributed by atoms with Crippen LogP contribution in [0.4, 0.5) is 34.1 Å². The van der Waals surface area contributed by atoms with Gasteiger partial charge < -0.3 is 28.7 Å². The number of para-hydroxylation sites is 2. The minimum Gasteiger partial charge on any atom is -0.495 e. The van der Waals surface area contributed by atoms with Gasteiger partial charge in [-0.15, -0.1) is 0 Å². The zero-order chi connectivity index (χ0) is 44.7. The second kappa shape index (κ2) is 22.3. The summed E-state index contributed by atoms with van der Waals surface area (Å²) in [7, 11) is 3.46. The summed E-state index contributed by atoms with van der Waals surface area (Å²) in [5.74, 6) is 3.28. The number of rotatable bonds is 20. The lowest BCUT2D eigenvalue weighted by Crippen LogP contribution is -2.11. The van der Waals surface area contributed by atoms with Crippen LogP contribution in [0.2, 0.25) is 0 Å². The molecular formula is C58H60N2O4. The van der Waals surface area contributed by atoms with E-state index >= 15 is 0 Å². The average molecular weight is 849 g/mol. The van der Waals surface area contributed by atoms with Crippen molar-refractivity contribution in [2.45, 2.75) is 53.4 Å². The van der Waals surface area contributed by atoms with Crippen LogP contribution >= 0.6 is 0 Å². The number of ether oxygens (including phenoxy) is 4. The van der Waals surface area contributed by atoms with Crippen molar-refractivity contribution < 1.29 is 18.9 Å². The minimum absolute atomic E-state index is 0.683. The average Bonchev–Trinajstić information content (AvgIpc) is 3.34. The Balaban J connectivity index is 1.20. The van der Waals surface area contributed by atoms with Gasteiger partial charge >= 0.3 is 0 Å². The van der Waals surface area contributed by atoms with E-state index in [9.17, 15) is 0 Å². The molecule has 0 aliphatic carbocycles. The Hall–Kier alpha value is -7.18. The first-order valence-electron chi connectivity index (χ1n) is 22.4. The van der Waals surface area contributed by atoms with Crippen LogP contribution in [-0.4, -0.2) is 27.4 Å². The second-order valence-electron chi connectivity index (χ2n) is 15.7. The van der Waals surface area contributed by atoms with E-state index in [0.717, 1.165) is 116 Å². The smallest absolute Gasteiger partial charge is 0.143 e. The van der Waals surface area contributed by atoms with Crippen molar-refractivity contribution >= 4 is 52.4 Å². The Labute approximate surface area is 380 Å². The van der Waals surface area contributed by atoms with Gasteiger partial charge in [0, 0.05) is 28.3 Å². The standard InChI is InChI=1S/C58H60N2O4/c1-7-10-37-63-55-42-48(56(39-43(55)4)64-38-11-8-2)28-23-45-26-33-52(34-27-45)60(50-21-16-13-17-22-50)54-36-30-47(41-58(54)62-6)46-29-35-53(57(40-46)61-5)59(49-19-14-12-15-20-49)51-31-24-44(18-9-3)25-32-51/h9,12-36,39-42H,7-8,10-11,37-38H2,1-6H3. The number of benzene rings is 7. The highest BCUT2D eigenvalue weighted by Crippen LogP contribution is 2.45. The molecule has 0 saturated heterocycles. The third kappa shape index (κ3) is 10.9. The van der Waals surface area contributed by atoms with Gasteiger partial charge in [0.2, 0.25) is 0 Å². The van der Waals surface area contributed by atoms with Gasteiger partial charge in [0.25, 0.3) is 0 Å². The molecule has 0 spiro atoms. The summed E-state index contributed by atoms with van der Waals surface area (Å²) in [4.78, 5) is 4.46. The highest BCUT2D eigenvalue weighted by atomic mass is 16.5. The Morgan fingerprint density at radius 1 is 0.453 bits per heavy atom. The number of methoxy groups -OCH3 is 2. The summed E-state index contributed by atoms with van der Waals surface area (Å²) in [6.07, 6.45) is 12.6. The molecule has 7 aromatic rings. The molecule has 0 radical (unpaired) electrons. The Kier molecular flexibility index (Phi) is 15.6. The van der Waals surface area contributed by atoms with Crippen molar-refractivity contribution in [2.24, 2.45) is 0 Å². The molecule has 6 nitrogen and oxygen atoms in total. The van der Waals surface area contributed by atoms with Crippen molar-refractivity contribution in [3.05, 3.63) is 186 Å². The number of hydrogen-bond acceptors (Lipinski definition) is 6. The first kappa shape index (κ1) is 44.9. The number of nitrogens with zero attached hydrogens (tertiary/aromatic N) is 2. The predicted octanol–water partition coefficient (Wildman–Crippen LogP) is 16.2. The monoisotopic (exact) mass is 848 g/mol. The summed E-state index contributed by atoms with van der Waals surface area (Å²) in [5, 5.41) is 0. The fourth-order valence-corrected chi connectivity index (χ4v) is 7.68. The molecule has 0 saturated carbocycles. The van der Waals surface area contributed by atoms with Crippen LogP contribution in [0.5, 0.6) is 23.0 Å². The molecule has 0 bridgehead atoms. The number of allylic oxidation sites excluding steroid dienone is 1. The Bertz CT molecular complexity index is 2620. The number of anilines is 6. The molecule has 0 N–H and O–H groups in total. The molecule has 326 valence electrons. The lowest BCUT2D eigenvalue weighted by Gasteiger charge is -2.28. The van der Waals surface area contributed by atoms with Gasteiger partial charge in [0.15, 0.2) is 0 Å². The summed E-state index contributed by atoms with van der Waals surface area (Å²) in [6, 6.07) is 54.9. The van der Waals surface area contributed by atoms with Crippen LogP contribution in [0.3, 0.4) is 0 Å². The lowest BCUT2D eigenvalue weighted by molar-refractivity contribution is 0.299. The molecule has 0 atom stereocenters. The van der Waals surface area contributed by atoms with Gasteiger partial charge in [-0.3, -0.25) is 0 Å². The van der Waals surface area contributed by atoms with E-state index in [1.807, 2.05) is 19.1 Å². The molecule has 0 heterocycles. The minimum atomic E-state index is 0.683. The molecule has 7 aromatic carbocycles. The van der Waals surface area contributed by atoms with Crippen molar-refractivity contribution in [1.29, 1.82) is 0 Å². The fourth-order valence-electron chi connectivity index (χ4n) is 7.68. The van der Waals surface area contributed by atoms with Gasteiger partial charge in [-0.25, -0.2) is 0 Å².